The van der Waals surface area contributed by atoms with Gasteiger partial charge in [-0.05, 0) is 74.5 Å². The Balaban J connectivity index is 2.55. The Morgan fingerprint density at radius 1 is 1.18 bits per heavy atom. The lowest BCUT2D eigenvalue weighted by Crippen LogP contribution is -2.36. The summed E-state index contributed by atoms with van der Waals surface area (Å²) in [6, 6.07) is 0. The fourth-order valence-corrected chi connectivity index (χ4v) is 3.78. The summed E-state index contributed by atoms with van der Waals surface area (Å²) in [4.78, 5) is 0. The summed E-state index contributed by atoms with van der Waals surface area (Å²) in [5.74, 6) is 4.17. The van der Waals surface area contributed by atoms with E-state index in [1.54, 1.807) is 6.21 Å². The van der Waals surface area contributed by atoms with E-state index in [0.29, 0.717) is 0 Å². The molecule has 0 aromatic carbocycles. The third-order valence-electron chi connectivity index (χ3n) is 5.08. The normalized spacial score (nSPS) is 38.0. The van der Waals surface area contributed by atoms with Crippen LogP contribution in [-0.2, 0) is 0 Å². The predicted molar refractivity (Wildman–Crippen MR) is 75.4 cm³/mol. The molecule has 1 saturated carbocycles. The van der Waals surface area contributed by atoms with Crippen molar-refractivity contribution in [2.45, 2.75) is 52.9 Å². The van der Waals surface area contributed by atoms with E-state index in [9.17, 15) is 0 Å². The molecule has 0 amide bonds. The highest BCUT2D eigenvalue weighted by Gasteiger charge is 2.37. The van der Waals surface area contributed by atoms with Crippen LogP contribution in [-0.4, -0.2) is 12.8 Å². The highest BCUT2D eigenvalue weighted by molar-refractivity contribution is 5.52. The molecule has 1 rings (SSSR count). The molecular weight excluding hydrogens is 208 g/mol. The Bertz CT molecular complexity index is 227. The summed E-state index contributed by atoms with van der Waals surface area (Å²) >= 11 is 0. The lowest BCUT2D eigenvalue weighted by atomic mass is 9.61. The number of hydrogen-bond donors (Lipinski definition) is 2. The Kier molecular flexibility index (Phi) is 6.18. The van der Waals surface area contributed by atoms with E-state index in [2.05, 4.69) is 20.8 Å². The minimum Gasteiger partial charge on any atom is -0.330 e. The molecule has 1 aliphatic rings. The number of nitrogens with two attached hydrogens (primary N) is 1. The Morgan fingerprint density at radius 3 is 2.47 bits per heavy atom. The summed E-state index contributed by atoms with van der Waals surface area (Å²) < 4.78 is 0. The van der Waals surface area contributed by atoms with E-state index >= 15 is 0 Å². The summed E-state index contributed by atoms with van der Waals surface area (Å²) in [5, 5.41) is 7.18. The first-order chi connectivity index (χ1) is 8.11. The number of hydrogen-bond acceptors (Lipinski definition) is 2. The second-order valence-electron chi connectivity index (χ2n) is 6.07. The van der Waals surface area contributed by atoms with Gasteiger partial charge in [-0.1, -0.05) is 20.8 Å². The number of nitrogens with one attached hydrogen (secondary N) is 1. The Hall–Kier alpha value is -0.370. The molecule has 0 aliphatic heterocycles. The standard InChI is InChI=1S/C15H30N2/c1-11-10-14(6-4-8-16)12(2)13(3)15(11)7-5-9-17/h8,11-16H,4-7,9-10,17H2,1-3H3. The minimum absolute atomic E-state index is 0.814. The zero-order chi connectivity index (χ0) is 12.8. The second kappa shape index (κ2) is 7.15. The molecule has 1 fully saturated rings. The van der Waals surface area contributed by atoms with Crippen LogP contribution in [0.5, 0.6) is 0 Å². The average Bonchev–Trinajstić information content (AvgIpc) is 2.32. The van der Waals surface area contributed by atoms with Gasteiger partial charge in [0.1, 0.15) is 0 Å². The molecule has 3 N–H and O–H groups in total. The van der Waals surface area contributed by atoms with Gasteiger partial charge in [-0.3, -0.25) is 0 Å². The lowest BCUT2D eigenvalue weighted by molar-refractivity contribution is 0.0553. The second-order valence-corrected chi connectivity index (χ2v) is 6.07. The van der Waals surface area contributed by atoms with E-state index in [-0.39, 0.29) is 0 Å². The van der Waals surface area contributed by atoms with Crippen molar-refractivity contribution >= 4 is 6.21 Å². The highest BCUT2D eigenvalue weighted by atomic mass is 14.5. The van der Waals surface area contributed by atoms with E-state index in [4.69, 9.17) is 11.1 Å². The molecule has 0 spiro atoms. The van der Waals surface area contributed by atoms with Gasteiger partial charge in [-0.15, -0.1) is 0 Å². The van der Waals surface area contributed by atoms with Crippen LogP contribution in [0.25, 0.3) is 0 Å². The van der Waals surface area contributed by atoms with E-state index in [0.717, 1.165) is 42.6 Å². The van der Waals surface area contributed by atoms with Gasteiger partial charge < -0.3 is 11.1 Å². The van der Waals surface area contributed by atoms with E-state index in [1.165, 1.54) is 25.7 Å². The van der Waals surface area contributed by atoms with Crippen molar-refractivity contribution in [1.82, 2.24) is 0 Å². The van der Waals surface area contributed by atoms with Crippen LogP contribution in [0.4, 0.5) is 0 Å². The maximum absolute atomic E-state index is 7.18. The first-order valence-corrected chi connectivity index (χ1v) is 7.30. The average molecular weight is 238 g/mol. The lowest BCUT2D eigenvalue weighted by Gasteiger charge is -2.44. The van der Waals surface area contributed by atoms with Crippen molar-refractivity contribution < 1.29 is 0 Å². The van der Waals surface area contributed by atoms with Crippen molar-refractivity contribution in [3.8, 4) is 0 Å². The Morgan fingerprint density at radius 2 is 1.88 bits per heavy atom. The fourth-order valence-electron chi connectivity index (χ4n) is 3.78. The summed E-state index contributed by atoms with van der Waals surface area (Å²) in [7, 11) is 0. The van der Waals surface area contributed by atoms with Gasteiger partial charge in [0.05, 0.1) is 0 Å². The summed E-state index contributed by atoms with van der Waals surface area (Å²) in [6.45, 7) is 8.10. The third kappa shape index (κ3) is 3.80. The Labute approximate surface area is 107 Å². The van der Waals surface area contributed by atoms with E-state index in [1.807, 2.05) is 0 Å². The topological polar surface area (TPSA) is 49.9 Å². The molecule has 0 aromatic rings. The molecule has 0 heterocycles. The monoisotopic (exact) mass is 238 g/mol. The van der Waals surface area contributed by atoms with Crippen LogP contribution in [0.3, 0.4) is 0 Å². The van der Waals surface area contributed by atoms with Gasteiger partial charge >= 0.3 is 0 Å². The molecular formula is C15H30N2. The van der Waals surface area contributed by atoms with Gasteiger partial charge in [-0.25, -0.2) is 0 Å². The largest absolute Gasteiger partial charge is 0.330 e. The van der Waals surface area contributed by atoms with Gasteiger partial charge in [-0.2, -0.15) is 0 Å². The molecule has 100 valence electrons. The first-order valence-electron chi connectivity index (χ1n) is 7.30. The van der Waals surface area contributed by atoms with Gasteiger partial charge in [0, 0.05) is 0 Å². The molecule has 0 bridgehead atoms. The van der Waals surface area contributed by atoms with Crippen molar-refractivity contribution in [1.29, 1.82) is 5.41 Å². The van der Waals surface area contributed by atoms with Crippen LogP contribution in [0.2, 0.25) is 0 Å². The molecule has 2 nitrogen and oxygen atoms in total. The van der Waals surface area contributed by atoms with Gasteiger partial charge in [0.25, 0.3) is 0 Å². The summed E-state index contributed by atoms with van der Waals surface area (Å²) in [6.07, 6.45) is 7.58. The minimum atomic E-state index is 0.814. The summed E-state index contributed by atoms with van der Waals surface area (Å²) in [5.41, 5.74) is 5.64. The van der Waals surface area contributed by atoms with Gasteiger partial charge in [0.15, 0.2) is 0 Å². The van der Waals surface area contributed by atoms with Crippen LogP contribution in [0.1, 0.15) is 52.9 Å². The molecule has 0 saturated heterocycles. The fraction of sp³-hybridized carbons (Fsp3) is 0.933. The molecule has 5 unspecified atom stereocenters. The zero-order valence-corrected chi connectivity index (χ0v) is 11.8. The molecule has 1 aliphatic carbocycles. The first kappa shape index (κ1) is 14.7. The maximum Gasteiger partial charge on any atom is -0.00476 e. The molecule has 2 heteroatoms. The predicted octanol–water partition coefficient (Wildman–Crippen LogP) is 3.70. The third-order valence-corrected chi connectivity index (χ3v) is 5.08. The molecule has 0 radical (unpaired) electrons. The van der Waals surface area contributed by atoms with Crippen molar-refractivity contribution in [2.75, 3.05) is 6.54 Å². The highest BCUT2D eigenvalue weighted by Crippen LogP contribution is 2.45. The van der Waals surface area contributed by atoms with Crippen LogP contribution in [0.15, 0.2) is 0 Å². The smallest absolute Gasteiger partial charge is 0.00476 e. The molecule has 17 heavy (non-hydrogen) atoms. The molecule has 0 aromatic heterocycles. The van der Waals surface area contributed by atoms with Gasteiger partial charge in [0.2, 0.25) is 0 Å². The molecule has 5 atom stereocenters. The van der Waals surface area contributed by atoms with E-state index < -0.39 is 0 Å². The van der Waals surface area contributed by atoms with Crippen LogP contribution >= 0.6 is 0 Å². The van der Waals surface area contributed by atoms with Crippen molar-refractivity contribution in [3.63, 3.8) is 0 Å². The quantitative estimate of drug-likeness (QED) is 0.681. The SMILES string of the molecule is CC1CC(CCC=N)C(C)C(C)C1CCCN. The number of rotatable bonds is 6. The zero-order valence-electron chi connectivity index (χ0n) is 11.8. The van der Waals surface area contributed by atoms with Crippen molar-refractivity contribution in [2.24, 2.45) is 35.3 Å². The van der Waals surface area contributed by atoms with Crippen LogP contribution in [0, 0.1) is 35.0 Å². The maximum atomic E-state index is 7.18. The van der Waals surface area contributed by atoms with Crippen LogP contribution < -0.4 is 5.73 Å². The van der Waals surface area contributed by atoms with Crippen molar-refractivity contribution in [3.05, 3.63) is 0 Å².